The molecule has 19 N–H and O–H groups in total. The second kappa shape index (κ2) is 42.6. The predicted octanol–water partition coefficient (Wildman–Crippen LogP) is 1.82. The molecule has 1 aromatic heterocycles. The summed E-state index contributed by atoms with van der Waals surface area (Å²) in [5.41, 5.74) is 28.9. The molecule has 0 fully saturated rings. The number of nitrogens with zero attached hydrogens (tertiary/aromatic N) is 3. The molecule has 0 aliphatic carbocycles. The molecule has 81 heavy (non-hydrogen) atoms. The molecule has 2 aromatic rings. The van der Waals surface area contributed by atoms with Gasteiger partial charge in [-0.15, -0.1) is 0 Å². The quantitative estimate of drug-likeness (QED) is 0.0255. The Labute approximate surface area is 477 Å². The van der Waals surface area contributed by atoms with Crippen molar-refractivity contribution in [1.29, 1.82) is 0 Å². The monoisotopic (exact) mass is 1140 g/mol. The van der Waals surface area contributed by atoms with Crippen LogP contribution in [0.25, 0.3) is 0 Å². The number of hydrogen-bond donors (Lipinski definition) is 14. The number of carboxylic acid groups (broad SMARTS) is 1. The summed E-state index contributed by atoms with van der Waals surface area (Å²) in [7, 11) is 0. The van der Waals surface area contributed by atoms with E-state index in [1.165, 1.54) is 70.3 Å². The SMILES string of the molecule is CCCCCCCCCCCCCCCC(=O)NCC(=O)N[C@@H](Cc1cnc[nH]1)C(=O)N[C@@H](Cc1ccccc1)C(=O)N[C@@H](CCCN=C(N)N)C(=O)N[C@@H](CCCCN)C(=O)N[C@@H](CCC(=O)O)C(=O)N[C@H](C)CCCN=C(N)N. The minimum absolute atomic E-state index is 0.0498. The first kappa shape index (κ1) is 69.8. The van der Waals surface area contributed by atoms with Crippen molar-refractivity contribution in [2.75, 3.05) is 26.2 Å². The van der Waals surface area contributed by atoms with Crippen molar-refractivity contribution in [2.45, 2.75) is 211 Å². The number of aromatic nitrogens is 2. The van der Waals surface area contributed by atoms with Gasteiger partial charge in [-0.05, 0) is 76.8 Å². The Balaban J connectivity index is 2.28. The summed E-state index contributed by atoms with van der Waals surface area (Å²) in [6, 6.07) is 1.86. The number of unbranched alkanes of at least 4 members (excludes halogenated alkanes) is 13. The molecule has 0 aliphatic rings. The molecule has 1 aromatic carbocycles. The highest BCUT2D eigenvalue weighted by molar-refractivity contribution is 5.97. The van der Waals surface area contributed by atoms with E-state index >= 15 is 0 Å². The fraction of sp³-hybridized carbons (Fsp3) is 0.661. The van der Waals surface area contributed by atoms with Gasteiger partial charge in [0.15, 0.2) is 11.9 Å². The number of carbonyl (C=O) groups excluding carboxylic acids is 7. The molecule has 6 atom stereocenters. The summed E-state index contributed by atoms with van der Waals surface area (Å²) in [6.07, 6.45) is 19.5. The Bertz CT molecular complexity index is 2210. The highest BCUT2D eigenvalue weighted by Crippen LogP contribution is 2.14. The van der Waals surface area contributed by atoms with Crippen molar-refractivity contribution >= 4 is 59.2 Å². The lowest BCUT2D eigenvalue weighted by molar-refractivity contribution is -0.138. The fourth-order valence-corrected chi connectivity index (χ4v) is 8.88. The molecule has 0 bridgehead atoms. The summed E-state index contributed by atoms with van der Waals surface area (Å²) in [5, 5.41) is 28.5. The minimum Gasteiger partial charge on any atom is -0.481 e. The first-order chi connectivity index (χ1) is 38.9. The Morgan fingerprint density at radius 2 is 1.02 bits per heavy atom. The molecule has 25 heteroatoms. The number of carboxylic acids is 1. The number of guanidine groups is 2. The maximum Gasteiger partial charge on any atom is 0.303 e. The number of aromatic amines is 1. The van der Waals surface area contributed by atoms with Gasteiger partial charge in [-0.25, -0.2) is 4.98 Å². The molecule has 0 saturated carbocycles. The van der Waals surface area contributed by atoms with Crippen LogP contribution >= 0.6 is 0 Å². The van der Waals surface area contributed by atoms with E-state index in [9.17, 15) is 43.5 Å². The molecule has 7 amide bonds. The van der Waals surface area contributed by atoms with E-state index in [0.717, 1.165) is 19.3 Å². The van der Waals surface area contributed by atoms with E-state index in [-0.39, 0.29) is 75.9 Å². The number of H-pyrrole nitrogens is 1. The van der Waals surface area contributed by atoms with Crippen molar-refractivity contribution in [2.24, 2.45) is 38.7 Å². The van der Waals surface area contributed by atoms with E-state index in [0.29, 0.717) is 49.9 Å². The van der Waals surface area contributed by atoms with Gasteiger partial charge in [0.25, 0.3) is 0 Å². The lowest BCUT2D eigenvalue weighted by Gasteiger charge is -2.27. The Kier molecular flexibility index (Phi) is 36.7. The van der Waals surface area contributed by atoms with Crippen LogP contribution in [0.2, 0.25) is 0 Å². The predicted molar refractivity (Wildman–Crippen MR) is 313 cm³/mol. The molecule has 0 saturated heterocycles. The lowest BCUT2D eigenvalue weighted by Crippen LogP contribution is -2.60. The number of rotatable bonds is 46. The minimum atomic E-state index is -1.35. The first-order valence-electron chi connectivity index (χ1n) is 29.0. The third-order valence-electron chi connectivity index (χ3n) is 13.4. The first-order valence-corrected chi connectivity index (χ1v) is 29.0. The zero-order chi connectivity index (χ0) is 59.6. The highest BCUT2D eigenvalue weighted by Gasteiger charge is 2.33. The van der Waals surface area contributed by atoms with Crippen molar-refractivity contribution in [1.82, 2.24) is 47.2 Å². The van der Waals surface area contributed by atoms with E-state index in [1.54, 1.807) is 37.3 Å². The Morgan fingerprint density at radius 1 is 0.543 bits per heavy atom. The van der Waals surface area contributed by atoms with Gasteiger partial charge < -0.3 is 76.0 Å². The van der Waals surface area contributed by atoms with Crippen LogP contribution in [0.1, 0.15) is 173 Å². The van der Waals surface area contributed by atoms with Gasteiger partial charge in [0.2, 0.25) is 41.4 Å². The van der Waals surface area contributed by atoms with E-state index < -0.39 is 90.6 Å². The van der Waals surface area contributed by atoms with E-state index in [2.05, 4.69) is 64.1 Å². The van der Waals surface area contributed by atoms with Crippen molar-refractivity contribution in [3.63, 3.8) is 0 Å². The lowest BCUT2D eigenvalue weighted by atomic mass is 10.0. The molecular formula is C56H96N16O9. The smallest absolute Gasteiger partial charge is 0.303 e. The molecule has 0 radical (unpaired) electrons. The fourth-order valence-electron chi connectivity index (χ4n) is 8.88. The molecule has 0 aliphatic heterocycles. The van der Waals surface area contributed by atoms with Crippen LogP contribution in [0.3, 0.4) is 0 Å². The summed E-state index contributed by atoms with van der Waals surface area (Å²) in [5.74, 6) is -6.17. The second-order valence-corrected chi connectivity index (χ2v) is 20.6. The highest BCUT2D eigenvalue weighted by atomic mass is 16.4. The molecule has 1 heterocycles. The van der Waals surface area contributed by atoms with Crippen LogP contribution in [0, 0.1) is 0 Å². The third kappa shape index (κ3) is 33.8. The van der Waals surface area contributed by atoms with E-state index in [4.69, 9.17) is 28.7 Å². The van der Waals surface area contributed by atoms with Gasteiger partial charge in [0.1, 0.15) is 30.2 Å². The van der Waals surface area contributed by atoms with Crippen LogP contribution in [0.15, 0.2) is 52.8 Å². The number of aliphatic carboxylic acids is 1. The number of nitrogens with two attached hydrogens (primary N) is 5. The number of imidazole rings is 1. The maximum absolute atomic E-state index is 14.6. The van der Waals surface area contributed by atoms with Crippen LogP contribution in [-0.4, -0.2) is 137 Å². The van der Waals surface area contributed by atoms with Crippen LogP contribution in [0.4, 0.5) is 0 Å². The molecule has 2 rings (SSSR count). The van der Waals surface area contributed by atoms with Gasteiger partial charge in [0.05, 0.1) is 12.9 Å². The van der Waals surface area contributed by atoms with E-state index in [1.807, 2.05) is 0 Å². The zero-order valence-corrected chi connectivity index (χ0v) is 48.0. The summed E-state index contributed by atoms with van der Waals surface area (Å²) >= 11 is 0. The number of nitrogens with one attached hydrogen (secondary N) is 8. The van der Waals surface area contributed by atoms with Gasteiger partial charge in [0, 0.05) is 56.7 Å². The maximum atomic E-state index is 14.6. The number of benzene rings is 1. The van der Waals surface area contributed by atoms with Gasteiger partial charge in [-0.3, -0.25) is 48.3 Å². The molecular weight excluding hydrogens is 1040 g/mol. The summed E-state index contributed by atoms with van der Waals surface area (Å²) in [4.78, 5) is 124. The van der Waals surface area contributed by atoms with Crippen LogP contribution in [-0.2, 0) is 51.2 Å². The van der Waals surface area contributed by atoms with Crippen molar-refractivity contribution in [3.05, 3.63) is 54.1 Å². The van der Waals surface area contributed by atoms with Gasteiger partial charge >= 0.3 is 5.97 Å². The van der Waals surface area contributed by atoms with Gasteiger partial charge in [-0.2, -0.15) is 0 Å². The zero-order valence-electron chi connectivity index (χ0n) is 48.0. The Hall–Kier alpha value is -7.31. The van der Waals surface area contributed by atoms with Crippen molar-refractivity contribution < 1.29 is 43.5 Å². The topological polar surface area (TPSA) is 424 Å². The normalized spacial score (nSPS) is 13.2. The average molecular weight is 1140 g/mol. The molecule has 0 unspecified atom stereocenters. The van der Waals surface area contributed by atoms with Crippen LogP contribution < -0.4 is 65.9 Å². The largest absolute Gasteiger partial charge is 0.481 e. The molecule has 25 nitrogen and oxygen atoms in total. The van der Waals surface area contributed by atoms with Crippen LogP contribution in [0.5, 0.6) is 0 Å². The van der Waals surface area contributed by atoms with Crippen molar-refractivity contribution in [3.8, 4) is 0 Å². The number of aliphatic imine (C=N–C) groups is 2. The third-order valence-corrected chi connectivity index (χ3v) is 13.4. The second-order valence-electron chi connectivity index (χ2n) is 20.6. The summed E-state index contributed by atoms with van der Waals surface area (Å²) in [6.45, 7) is 4.22. The molecule has 454 valence electrons. The number of hydrogen-bond acceptors (Lipinski definition) is 12. The Morgan fingerprint density at radius 3 is 1.54 bits per heavy atom. The molecule has 0 spiro atoms. The summed E-state index contributed by atoms with van der Waals surface area (Å²) < 4.78 is 0. The average Bonchev–Trinajstić information content (AvgIpc) is 3.97. The van der Waals surface area contributed by atoms with Gasteiger partial charge in [-0.1, -0.05) is 114 Å². The standard InChI is InChI=1S/C56H96N16O9/c1-3-4-5-6-7-8-9-10-11-12-13-14-18-28-47(73)65-37-48(74)68-46(35-41-36-62-38-66-41)54(81)72-45(34-40-24-16-15-17-25-40)53(80)70-43(27-22-33-64-56(60)61)52(79)69-42(26-19-20-31-57)51(78)71-44(29-30-49(75)76)50(77)67-39(2)23-21-32-63-55(58)59/h15-17,24-25,36,38-39,42-46H,3-14,18-23,26-35,37,57H2,1-2H3,(H,62,66)(H,65,73)(H,67,77)(H,68,74)(H,69,79)(H,70,80)(H,71,78)(H,72,81)(H,75,76)(H4,58,59,63)(H4,60,61,64)/t39-,42+,43+,44+,45+,46+/m1/s1. The number of carbonyl (C=O) groups is 8. The number of amides is 7.